The van der Waals surface area contributed by atoms with E-state index in [1.165, 1.54) is 5.56 Å². The normalized spacial score (nSPS) is 10.8. The Morgan fingerprint density at radius 1 is 1.13 bits per heavy atom. The van der Waals surface area contributed by atoms with Crippen molar-refractivity contribution < 1.29 is 0 Å². The number of aryl methyl sites for hydroxylation is 1. The molecule has 0 saturated carbocycles. The van der Waals surface area contributed by atoms with Crippen LogP contribution in [-0.4, -0.2) is 24.5 Å². The van der Waals surface area contributed by atoms with Crippen LogP contribution in [0.15, 0.2) is 53.7 Å². The lowest BCUT2D eigenvalue weighted by molar-refractivity contribution is 0.738. The smallest absolute Gasteiger partial charge is 0.191 e. The van der Waals surface area contributed by atoms with E-state index in [-0.39, 0.29) is 24.0 Å². The fourth-order valence-corrected chi connectivity index (χ4v) is 2.31. The summed E-state index contributed by atoms with van der Waals surface area (Å²) in [4.78, 5) is 8.48. The standard InChI is InChI=1S/C17H21ClN4.HI/c1-19-17(22-13-15-9-4-5-11-20-15)21-12-6-8-14-7-2-3-10-16(14)18;/h2-5,7,9-11H,6,8,12-13H2,1H3,(H2,19,21,22);1H. The number of aliphatic imine (C=N–C) groups is 1. The van der Waals surface area contributed by atoms with Crippen LogP contribution in [-0.2, 0) is 13.0 Å². The predicted molar refractivity (Wildman–Crippen MR) is 108 cm³/mol. The molecule has 4 nitrogen and oxygen atoms in total. The molecule has 0 radical (unpaired) electrons. The van der Waals surface area contributed by atoms with E-state index in [1.54, 1.807) is 13.2 Å². The number of guanidine groups is 1. The maximum absolute atomic E-state index is 6.15. The van der Waals surface area contributed by atoms with Crippen molar-refractivity contribution >= 4 is 41.5 Å². The van der Waals surface area contributed by atoms with Gasteiger partial charge in [0.15, 0.2) is 5.96 Å². The number of rotatable bonds is 6. The molecule has 1 heterocycles. The third-order valence-corrected chi connectivity index (χ3v) is 3.63. The zero-order valence-corrected chi connectivity index (χ0v) is 16.2. The van der Waals surface area contributed by atoms with E-state index in [0.717, 1.165) is 36.1 Å². The van der Waals surface area contributed by atoms with Gasteiger partial charge < -0.3 is 10.6 Å². The maximum Gasteiger partial charge on any atom is 0.191 e. The van der Waals surface area contributed by atoms with Gasteiger partial charge in [-0.05, 0) is 36.6 Å². The highest BCUT2D eigenvalue weighted by atomic mass is 127. The molecule has 0 atom stereocenters. The van der Waals surface area contributed by atoms with Gasteiger partial charge in [-0.1, -0.05) is 35.9 Å². The van der Waals surface area contributed by atoms with Gasteiger partial charge >= 0.3 is 0 Å². The Kier molecular flexibility index (Phi) is 9.63. The van der Waals surface area contributed by atoms with E-state index in [1.807, 2.05) is 36.4 Å². The molecule has 2 aromatic rings. The van der Waals surface area contributed by atoms with Crippen molar-refractivity contribution in [3.05, 3.63) is 64.9 Å². The van der Waals surface area contributed by atoms with Gasteiger partial charge in [-0.25, -0.2) is 0 Å². The number of halogens is 2. The van der Waals surface area contributed by atoms with Crippen LogP contribution in [0.3, 0.4) is 0 Å². The van der Waals surface area contributed by atoms with Crippen LogP contribution in [0.4, 0.5) is 0 Å². The van der Waals surface area contributed by atoms with Crippen LogP contribution >= 0.6 is 35.6 Å². The number of hydrogen-bond acceptors (Lipinski definition) is 2. The van der Waals surface area contributed by atoms with Crippen molar-refractivity contribution in [2.75, 3.05) is 13.6 Å². The average Bonchev–Trinajstić information content (AvgIpc) is 2.56. The fraction of sp³-hybridized carbons (Fsp3) is 0.294. The zero-order chi connectivity index (χ0) is 15.6. The first kappa shape index (κ1) is 19.7. The van der Waals surface area contributed by atoms with Gasteiger partial charge in [0, 0.05) is 24.8 Å². The summed E-state index contributed by atoms with van der Waals surface area (Å²) in [6.07, 6.45) is 3.73. The van der Waals surface area contributed by atoms with Crippen LogP contribution in [0.2, 0.25) is 5.02 Å². The molecule has 0 saturated heterocycles. The Morgan fingerprint density at radius 2 is 1.91 bits per heavy atom. The van der Waals surface area contributed by atoms with Crippen LogP contribution in [0.25, 0.3) is 0 Å². The largest absolute Gasteiger partial charge is 0.356 e. The minimum absolute atomic E-state index is 0. The molecule has 0 bridgehead atoms. The average molecular weight is 445 g/mol. The molecule has 23 heavy (non-hydrogen) atoms. The Hall–Kier alpha value is -1.34. The first-order valence-electron chi connectivity index (χ1n) is 7.37. The SMILES string of the molecule is CN=C(NCCCc1ccccc1Cl)NCc1ccccn1.I. The molecular weight excluding hydrogens is 423 g/mol. The second kappa shape index (κ2) is 11.2. The first-order valence-corrected chi connectivity index (χ1v) is 7.75. The van der Waals surface area contributed by atoms with Gasteiger partial charge in [0.1, 0.15) is 0 Å². The summed E-state index contributed by atoms with van der Waals surface area (Å²) in [6, 6.07) is 13.8. The van der Waals surface area contributed by atoms with Gasteiger partial charge in [-0.3, -0.25) is 9.98 Å². The molecule has 0 amide bonds. The Balaban J connectivity index is 0.00000264. The van der Waals surface area contributed by atoms with Crippen LogP contribution in [0.5, 0.6) is 0 Å². The summed E-state index contributed by atoms with van der Waals surface area (Å²) in [7, 11) is 1.77. The molecule has 0 fully saturated rings. The van der Waals surface area contributed by atoms with Crippen molar-refractivity contribution in [2.24, 2.45) is 4.99 Å². The number of aromatic nitrogens is 1. The molecule has 0 unspecified atom stereocenters. The minimum Gasteiger partial charge on any atom is -0.356 e. The number of pyridine rings is 1. The molecule has 6 heteroatoms. The molecule has 0 aliphatic rings. The number of benzene rings is 1. The third kappa shape index (κ3) is 7.18. The topological polar surface area (TPSA) is 49.3 Å². The maximum atomic E-state index is 6.15. The number of nitrogens with zero attached hydrogens (tertiary/aromatic N) is 2. The molecule has 2 N–H and O–H groups in total. The summed E-state index contributed by atoms with van der Waals surface area (Å²) in [6.45, 7) is 1.50. The van der Waals surface area contributed by atoms with Crippen molar-refractivity contribution in [3.63, 3.8) is 0 Å². The molecule has 0 aliphatic carbocycles. The third-order valence-electron chi connectivity index (χ3n) is 3.26. The van der Waals surface area contributed by atoms with E-state index in [4.69, 9.17) is 11.6 Å². The van der Waals surface area contributed by atoms with E-state index in [9.17, 15) is 0 Å². The van der Waals surface area contributed by atoms with E-state index in [0.29, 0.717) is 6.54 Å². The molecule has 0 aliphatic heterocycles. The summed E-state index contributed by atoms with van der Waals surface area (Å²) < 4.78 is 0. The zero-order valence-electron chi connectivity index (χ0n) is 13.1. The van der Waals surface area contributed by atoms with Crippen LogP contribution in [0, 0.1) is 0 Å². The molecule has 0 spiro atoms. The van der Waals surface area contributed by atoms with Crippen molar-refractivity contribution in [1.82, 2.24) is 15.6 Å². The van der Waals surface area contributed by atoms with Gasteiger partial charge in [0.2, 0.25) is 0 Å². The highest BCUT2D eigenvalue weighted by Gasteiger charge is 2.01. The van der Waals surface area contributed by atoms with Crippen LogP contribution in [0.1, 0.15) is 17.7 Å². The molecule has 2 rings (SSSR count). The van der Waals surface area contributed by atoms with Gasteiger partial charge in [-0.15, -0.1) is 24.0 Å². The molecule has 1 aromatic carbocycles. The minimum atomic E-state index is 0. The van der Waals surface area contributed by atoms with Crippen LogP contribution < -0.4 is 10.6 Å². The monoisotopic (exact) mass is 444 g/mol. The van der Waals surface area contributed by atoms with E-state index < -0.39 is 0 Å². The number of hydrogen-bond donors (Lipinski definition) is 2. The van der Waals surface area contributed by atoms with Crippen molar-refractivity contribution in [1.29, 1.82) is 0 Å². The van der Waals surface area contributed by atoms with Gasteiger partial charge in [-0.2, -0.15) is 0 Å². The Morgan fingerprint density at radius 3 is 2.61 bits per heavy atom. The van der Waals surface area contributed by atoms with Crippen molar-refractivity contribution in [3.8, 4) is 0 Å². The first-order chi connectivity index (χ1) is 10.8. The van der Waals surface area contributed by atoms with E-state index in [2.05, 4.69) is 26.7 Å². The Bertz CT molecular complexity index is 605. The summed E-state index contributed by atoms with van der Waals surface area (Å²) in [5, 5.41) is 7.38. The lowest BCUT2D eigenvalue weighted by atomic mass is 10.1. The summed E-state index contributed by atoms with van der Waals surface area (Å²) >= 11 is 6.15. The highest BCUT2D eigenvalue weighted by Crippen LogP contribution is 2.16. The van der Waals surface area contributed by atoms with E-state index >= 15 is 0 Å². The fourth-order valence-electron chi connectivity index (χ4n) is 2.08. The molecule has 1 aromatic heterocycles. The second-order valence-corrected chi connectivity index (χ2v) is 5.28. The quantitative estimate of drug-likeness (QED) is 0.309. The second-order valence-electron chi connectivity index (χ2n) is 4.87. The highest BCUT2D eigenvalue weighted by molar-refractivity contribution is 14.0. The molecular formula is C17H22ClIN4. The number of nitrogens with one attached hydrogen (secondary N) is 2. The summed E-state index contributed by atoms with van der Waals surface area (Å²) in [5.74, 6) is 0.782. The van der Waals surface area contributed by atoms with Gasteiger partial charge in [0.25, 0.3) is 0 Å². The summed E-state index contributed by atoms with van der Waals surface area (Å²) in [5.41, 5.74) is 2.17. The lowest BCUT2D eigenvalue weighted by Gasteiger charge is -2.11. The molecule has 124 valence electrons. The predicted octanol–water partition coefficient (Wildman–Crippen LogP) is 3.65. The lowest BCUT2D eigenvalue weighted by Crippen LogP contribution is -2.37. The van der Waals surface area contributed by atoms with Crippen molar-refractivity contribution in [2.45, 2.75) is 19.4 Å². The Labute approximate surface area is 159 Å². The van der Waals surface area contributed by atoms with Gasteiger partial charge in [0.05, 0.1) is 12.2 Å².